The molecule has 0 radical (unpaired) electrons. The third-order valence-electron chi connectivity index (χ3n) is 4.98. The van der Waals surface area contributed by atoms with Gasteiger partial charge in [0.05, 0.1) is 12.7 Å². The lowest BCUT2D eigenvalue weighted by molar-refractivity contribution is -0.122. The molecule has 0 aliphatic carbocycles. The molecule has 0 bridgehead atoms. The molecule has 2 N–H and O–H groups in total. The van der Waals surface area contributed by atoms with Crippen molar-refractivity contribution in [2.75, 3.05) is 26.2 Å². The Kier molecular flexibility index (Phi) is 6.51. The van der Waals surface area contributed by atoms with Gasteiger partial charge in [-0.25, -0.2) is 0 Å². The molecule has 1 aromatic carbocycles. The Morgan fingerprint density at radius 1 is 1.27 bits per heavy atom. The fourth-order valence-electron chi connectivity index (χ4n) is 3.67. The molecule has 6 nitrogen and oxygen atoms in total. The van der Waals surface area contributed by atoms with E-state index in [4.69, 9.17) is 16.3 Å². The minimum absolute atomic E-state index is 0.0513. The van der Waals surface area contributed by atoms with E-state index in [1.165, 1.54) is 6.92 Å². The number of fused-ring (bicyclic) bond motifs is 1. The van der Waals surface area contributed by atoms with Crippen LogP contribution in [-0.2, 0) is 14.3 Å². The molecule has 142 valence electrons. The van der Waals surface area contributed by atoms with E-state index in [1.54, 1.807) is 0 Å². The zero-order valence-electron chi connectivity index (χ0n) is 15.0. The van der Waals surface area contributed by atoms with Gasteiger partial charge < -0.3 is 15.4 Å². The van der Waals surface area contributed by atoms with Gasteiger partial charge in [-0.2, -0.15) is 0 Å². The van der Waals surface area contributed by atoms with Gasteiger partial charge in [0.25, 0.3) is 0 Å². The summed E-state index contributed by atoms with van der Waals surface area (Å²) in [4.78, 5) is 25.3. The fourth-order valence-corrected chi connectivity index (χ4v) is 3.80. The molecule has 0 saturated carbocycles. The molecule has 0 unspecified atom stereocenters. The van der Waals surface area contributed by atoms with Crippen molar-refractivity contribution in [3.05, 3.63) is 34.9 Å². The number of rotatable bonds is 6. The number of morpholine rings is 1. The van der Waals surface area contributed by atoms with Crippen LogP contribution in [-0.4, -0.2) is 55.0 Å². The summed E-state index contributed by atoms with van der Waals surface area (Å²) in [7, 11) is 0. The van der Waals surface area contributed by atoms with Crippen molar-refractivity contribution in [2.24, 2.45) is 0 Å². The summed E-state index contributed by atoms with van der Waals surface area (Å²) in [6, 6.07) is 8.33. The van der Waals surface area contributed by atoms with Gasteiger partial charge in [-0.3, -0.25) is 14.5 Å². The van der Waals surface area contributed by atoms with E-state index in [-0.39, 0.29) is 24.0 Å². The van der Waals surface area contributed by atoms with Crippen molar-refractivity contribution in [2.45, 2.75) is 44.4 Å². The van der Waals surface area contributed by atoms with Gasteiger partial charge in [0.15, 0.2) is 0 Å². The smallest absolute Gasteiger partial charge is 0.220 e. The van der Waals surface area contributed by atoms with E-state index in [0.29, 0.717) is 32.0 Å². The number of ether oxygens (including phenoxy) is 1. The Bertz CT molecular complexity index is 637. The van der Waals surface area contributed by atoms with E-state index in [0.717, 1.165) is 30.1 Å². The first-order valence-electron chi connectivity index (χ1n) is 9.16. The molecular weight excluding hydrogens is 354 g/mol. The van der Waals surface area contributed by atoms with Crippen molar-refractivity contribution < 1.29 is 14.3 Å². The van der Waals surface area contributed by atoms with Crippen molar-refractivity contribution in [1.82, 2.24) is 15.5 Å². The van der Waals surface area contributed by atoms with Gasteiger partial charge in [-0.15, -0.1) is 0 Å². The summed E-state index contributed by atoms with van der Waals surface area (Å²) in [5, 5.41) is 6.55. The first kappa shape index (κ1) is 19.1. The second kappa shape index (κ2) is 8.84. The number of benzene rings is 1. The Labute approximate surface area is 159 Å². The zero-order chi connectivity index (χ0) is 18.5. The summed E-state index contributed by atoms with van der Waals surface area (Å²) >= 11 is 5.96. The van der Waals surface area contributed by atoms with Gasteiger partial charge in [0.2, 0.25) is 11.8 Å². The summed E-state index contributed by atoms with van der Waals surface area (Å²) in [6.45, 7) is 4.39. The van der Waals surface area contributed by atoms with Crippen molar-refractivity contribution >= 4 is 23.4 Å². The molecule has 26 heavy (non-hydrogen) atoms. The molecule has 2 aliphatic heterocycles. The largest absolute Gasteiger partial charge is 0.371 e. The number of amides is 2. The maximum Gasteiger partial charge on any atom is 0.220 e. The molecule has 7 heteroatoms. The molecule has 2 aliphatic rings. The lowest BCUT2D eigenvalue weighted by Gasteiger charge is -2.35. The van der Waals surface area contributed by atoms with Crippen LogP contribution in [0.1, 0.15) is 37.9 Å². The zero-order valence-corrected chi connectivity index (χ0v) is 15.8. The lowest BCUT2D eigenvalue weighted by atomic mass is 10.1. The van der Waals surface area contributed by atoms with E-state index in [2.05, 4.69) is 15.5 Å². The van der Waals surface area contributed by atoms with Crippen LogP contribution in [0.15, 0.2) is 24.3 Å². The first-order chi connectivity index (χ1) is 12.5. The van der Waals surface area contributed by atoms with Crippen molar-refractivity contribution in [3.63, 3.8) is 0 Å². The first-order valence-corrected chi connectivity index (χ1v) is 9.54. The Morgan fingerprint density at radius 3 is 2.77 bits per heavy atom. The molecule has 3 rings (SSSR count). The maximum absolute atomic E-state index is 12.1. The quantitative estimate of drug-likeness (QED) is 0.740. The summed E-state index contributed by atoms with van der Waals surface area (Å²) < 4.78 is 6.04. The number of halogens is 1. The standard InChI is InChI=1S/C19H26ClN3O3/c1-13(24)21-8-2-3-19(25)22-16-9-17-12-26-18(11-23(17)10-16)14-4-6-15(20)7-5-14/h4-7,16-18H,2-3,8-12H2,1H3,(H,21,24)(H,22,25)/t16-,17-,18+/m0/s1. The molecule has 2 fully saturated rings. The van der Waals surface area contributed by atoms with Crippen LogP contribution in [0.25, 0.3) is 0 Å². The number of hydrogen-bond donors (Lipinski definition) is 2. The van der Waals surface area contributed by atoms with Crippen molar-refractivity contribution in [1.29, 1.82) is 0 Å². The predicted octanol–water partition coefficient (Wildman–Crippen LogP) is 1.89. The predicted molar refractivity (Wildman–Crippen MR) is 100.0 cm³/mol. The Balaban J connectivity index is 1.43. The van der Waals surface area contributed by atoms with E-state index in [9.17, 15) is 9.59 Å². The van der Waals surface area contributed by atoms with Crippen LogP contribution in [0.5, 0.6) is 0 Å². The topological polar surface area (TPSA) is 70.7 Å². The average Bonchev–Trinajstić information content (AvgIpc) is 3.00. The third-order valence-corrected chi connectivity index (χ3v) is 5.23. The molecule has 2 heterocycles. The van der Waals surface area contributed by atoms with Gasteiger partial charge >= 0.3 is 0 Å². The normalized spacial score (nSPS) is 25.5. The van der Waals surface area contributed by atoms with Crippen LogP contribution >= 0.6 is 11.6 Å². The van der Waals surface area contributed by atoms with Crippen LogP contribution in [0.3, 0.4) is 0 Å². The Morgan fingerprint density at radius 2 is 2.04 bits per heavy atom. The summed E-state index contributed by atoms with van der Waals surface area (Å²) in [6.07, 6.45) is 2.07. The highest BCUT2D eigenvalue weighted by Gasteiger charge is 2.38. The Hall–Kier alpha value is -1.63. The number of nitrogens with one attached hydrogen (secondary N) is 2. The number of carbonyl (C=O) groups excluding carboxylic acids is 2. The second-order valence-electron chi connectivity index (χ2n) is 7.07. The molecule has 0 aromatic heterocycles. The van der Waals surface area contributed by atoms with E-state index < -0.39 is 0 Å². The minimum atomic E-state index is -0.0617. The molecule has 2 amide bonds. The monoisotopic (exact) mass is 379 g/mol. The van der Waals surface area contributed by atoms with Gasteiger partial charge in [-0.05, 0) is 30.5 Å². The highest BCUT2D eigenvalue weighted by atomic mass is 35.5. The molecule has 0 spiro atoms. The second-order valence-corrected chi connectivity index (χ2v) is 7.50. The summed E-state index contributed by atoms with van der Waals surface area (Å²) in [5.41, 5.74) is 1.14. The van der Waals surface area contributed by atoms with Crippen LogP contribution < -0.4 is 10.6 Å². The SMILES string of the molecule is CC(=O)NCCCC(=O)N[C@H]1C[C@H]2CO[C@@H](c3ccc(Cl)cc3)CN2C1. The number of carbonyl (C=O) groups is 2. The lowest BCUT2D eigenvalue weighted by Crippen LogP contribution is -2.43. The van der Waals surface area contributed by atoms with Gasteiger partial charge in [0, 0.05) is 50.1 Å². The third kappa shape index (κ3) is 5.19. The molecule has 3 atom stereocenters. The number of hydrogen-bond acceptors (Lipinski definition) is 4. The average molecular weight is 380 g/mol. The maximum atomic E-state index is 12.1. The number of nitrogens with zero attached hydrogens (tertiary/aromatic N) is 1. The van der Waals surface area contributed by atoms with Crippen LogP contribution in [0, 0.1) is 0 Å². The van der Waals surface area contributed by atoms with E-state index in [1.807, 2.05) is 24.3 Å². The van der Waals surface area contributed by atoms with Crippen LogP contribution in [0.4, 0.5) is 0 Å². The molecular formula is C19H26ClN3O3. The fraction of sp³-hybridized carbons (Fsp3) is 0.579. The molecule has 1 aromatic rings. The highest BCUT2D eigenvalue weighted by molar-refractivity contribution is 6.30. The minimum Gasteiger partial charge on any atom is -0.371 e. The van der Waals surface area contributed by atoms with Crippen molar-refractivity contribution in [3.8, 4) is 0 Å². The van der Waals surface area contributed by atoms with Gasteiger partial charge in [-0.1, -0.05) is 23.7 Å². The molecule has 2 saturated heterocycles. The van der Waals surface area contributed by atoms with Crippen LogP contribution in [0.2, 0.25) is 5.02 Å². The van der Waals surface area contributed by atoms with E-state index >= 15 is 0 Å². The summed E-state index contributed by atoms with van der Waals surface area (Å²) in [5.74, 6) is -0.0105. The highest BCUT2D eigenvalue weighted by Crippen LogP contribution is 2.30. The van der Waals surface area contributed by atoms with Gasteiger partial charge in [0.1, 0.15) is 0 Å².